The molecule has 0 amide bonds. The molecule has 0 bridgehead atoms. The van der Waals surface area contributed by atoms with Gasteiger partial charge in [0.1, 0.15) is 6.10 Å². The van der Waals surface area contributed by atoms with Crippen LogP contribution in [0.15, 0.2) is 60.8 Å². The van der Waals surface area contributed by atoms with E-state index in [1.165, 1.54) is 0 Å². The highest BCUT2D eigenvalue weighted by Gasteiger charge is 2.37. The zero-order valence-electron chi connectivity index (χ0n) is 16.6. The Morgan fingerprint density at radius 2 is 1.44 bits per heavy atom. The lowest BCUT2D eigenvalue weighted by Crippen LogP contribution is -2.27. The largest absolute Gasteiger partial charge is 0.458 e. The molecule has 0 radical (unpaired) electrons. The molecule has 1 N–H and O–H groups in total. The molecule has 0 aromatic rings. The first kappa shape index (κ1) is 23.1. The highest BCUT2D eigenvalue weighted by Crippen LogP contribution is 2.21. The molecule has 0 aromatic carbocycles. The molecule has 1 rings (SSSR count). The number of cyclic esters (lactones) is 1. The Labute approximate surface area is 163 Å². The molecule has 1 aliphatic heterocycles. The van der Waals surface area contributed by atoms with E-state index >= 15 is 0 Å². The van der Waals surface area contributed by atoms with Crippen LogP contribution in [0.1, 0.15) is 51.9 Å². The first-order valence-electron chi connectivity index (χ1n) is 9.85. The molecular weight excluding hydrogens is 340 g/mol. The van der Waals surface area contributed by atoms with E-state index in [0.717, 1.165) is 32.1 Å². The minimum absolute atomic E-state index is 0.209. The van der Waals surface area contributed by atoms with E-state index in [1.807, 2.05) is 6.08 Å². The molecule has 0 aliphatic carbocycles. The smallest absolute Gasteiger partial charge is 0.335 e. The summed E-state index contributed by atoms with van der Waals surface area (Å²) in [6.07, 6.45) is 25.8. The van der Waals surface area contributed by atoms with Gasteiger partial charge in [-0.15, -0.1) is 0 Å². The highest BCUT2D eigenvalue weighted by atomic mass is 16.6. The van der Waals surface area contributed by atoms with Crippen molar-refractivity contribution in [2.75, 3.05) is 7.11 Å². The summed E-state index contributed by atoms with van der Waals surface area (Å²) in [6.45, 7) is 2.14. The van der Waals surface area contributed by atoms with Crippen LogP contribution in [0.5, 0.6) is 0 Å². The minimum Gasteiger partial charge on any atom is -0.458 e. The van der Waals surface area contributed by atoms with Crippen LogP contribution in [-0.2, 0) is 14.3 Å². The van der Waals surface area contributed by atoms with Gasteiger partial charge < -0.3 is 14.6 Å². The topological polar surface area (TPSA) is 55.8 Å². The third-order valence-corrected chi connectivity index (χ3v) is 4.24. The summed E-state index contributed by atoms with van der Waals surface area (Å²) in [5, 5.41) is 9.45. The van der Waals surface area contributed by atoms with Gasteiger partial charge in [-0.1, -0.05) is 67.7 Å². The summed E-state index contributed by atoms with van der Waals surface area (Å²) in [5.74, 6) is -0.550. The first-order chi connectivity index (χ1) is 13.2. The van der Waals surface area contributed by atoms with E-state index in [-0.39, 0.29) is 12.2 Å². The van der Waals surface area contributed by atoms with Crippen LogP contribution in [0, 0.1) is 0 Å². The molecule has 0 spiro atoms. The molecule has 150 valence electrons. The van der Waals surface area contributed by atoms with Gasteiger partial charge in [0.05, 0.1) is 6.10 Å². The quantitative estimate of drug-likeness (QED) is 0.371. The normalized spacial score (nSPS) is 22.3. The van der Waals surface area contributed by atoms with E-state index < -0.39 is 12.1 Å². The molecule has 27 heavy (non-hydrogen) atoms. The van der Waals surface area contributed by atoms with Gasteiger partial charge in [0, 0.05) is 13.5 Å². The Bertz CT molecular complexity index is 543. The Morgan fingerprint density at radius 1 is 0.963 bits per heavy atom. The fourth-order valence-corrected chi connectivity index (χ4v) is 2.70. The van der Waals surface area contributed by atoms with Gasteiger partial charge in [-0.05, 0) is 38.5 Å². The molecule has 0 saturated carbocycles. The van der Waals surface area contributed by atoms with Crippen molar-refractivity contribution in [1.29, 1.82) is 0 Å². The lowest BCUT2D eigenvalue weighted by Gasteiger charge is -2.19. The van der Waals surface area contributed by atoms with Crippen molar-refractivity contribution in [3.63, 3.8) is 0 Å². The van der Waals surface area contributed by atoms with Crippen LogP contribution in [0.2, 0.25) is 0 Å². The lowest BCUT2D eigenvalue weighted by atomic mass is 10.1. The van der Waals surface area contributed by atoms with Crippen molar-refractivity contribution >= 4 is 5.97 Å². The van der Waals surface area contributed by atoms with Crippen molar-refractivity contribution < 1.29 is 19.4 Å². The number of aliphatic hydroxyl groups is 1. The van der Waals surface area contributed by atoms with Crippen molar-refractivity contribution in [2.24, 2.45) is 0 Å². The summed E-state index contributed by atoms with van der Waals surface area (Å²) in [4.78, 5) is 11.3. The predicted molar refractivity (Wildman–Crippen MR) is 110 cm³/mol. The zero-order chi connectivity index (χ0) is 19.7. The van der Waals surface area contributed by atoms with Gasteiger partial charge in [0.2, 0.25) is 0 Å². The van der Waals surface area contributed by atoms with Gasteiger partial charge in [0.15, 0.2) is 6.10 Å². The average Bonchev–Trinajstić information content (AvgIpc) is 3.00. The fourth-order valence-electron chi connectivity index (χ4n) is 2.70. The molecule has 3 atom stereocenters. The third kappa shape index (κ3) is 10.7. The second kappa shape index (κ2) is 15.2. The molecule has 1 heterocycles. The summed E-state index contributed by atoms with van der Waals surface area (Å²) >= 11 is 0. The SMILES string of the molecule is CC/C=C\C/C=C\C/C=C\C/C=C\C/C=C\CC(OC)C1CC(O)C(=O)O1. The first-order valence-corrected chi connectivity index (χ1v) is 9.85. The van der Waals surface area contributed by atoms with Crippen molar-refractivity contribution in [3.8, 4) is 0 Å². The summed E-state index contributed by atoms with van der Waals surface area (Å²) in [6, 6.07) is 0. The van der Waals surface area contributed by atoms with Crippen LogP contribution in [0.4, 0.5) is 0 Å². The second-order valence-corrected chi connectivity index (χ2v) is 6.44. The van der Waals surface area contributed by atoms with E-state index in [1.54, 1.807) is 7.11 Å². The predicted octanol–water partition coefficient (Wildman–Crippen LogP) is 4.82. The van der Waals surface area contributed by atoms with E-state index in [4.69, 9.17) is 9.47 Å². The molecule has 1 fully saturated rings. The van der Waals surface area contributed by atoms with Crippen LogP contribution >= 0.6 is 0 Å². The number of rotatable bonds is 13. The van der Waals surface area contributed by atoms with Crippen molar-refractivity contribution in [1.82, 2.24) is 0 Å². The molecule has 1 aliphatic rings. The van der Waals surface area contributed by atoms with Gasteiger partial charge in [-0.3, -0.25) is 0 Å². The monoisotopic (exact) mass is 374 g/mol. The maximum atomic E-state index is 11.3. The molecule has 3 unspecified atom stereocenters. The number of aliphatic hydroxyl groups excluding tert-OH is 1. The number of hydrogen-bond donors (Lipinski definition) is 1. The van der Waals surface area contributed by atoms with E-state index in [2.05, 4.69) is 61.6 Å². The number of esters is 1. The van der Waals surface area contributed by atoms with Crippen LogP contribution in [-0.4, -0.2) is 36.5 Å². The molecule has 1 saturated heterocycles. The highest BCUT2D eigenvalue weighted by molar-refractivity contribution is 5.76. The van der Waals surface area contributed by atoms with Crippen molar-refractivity contribution in [3.05, 3.63) is 60.8 Å². The Hall–Kier alpha value is -1.91. The minimum atomic E-state index is -1.01. The van der Waals surface area contributed by atoms with Crippen LogP contribution in [0.25, 0.3) is 0 Å². The number of ether oxygens (including phenoxy) is 2. The summed E-state index contributed by atoms with van der Waals surface area (Å²) in [7, 11) is 1.60. The van der Waals surface area contributed by atoms with Gasteiger partial charge in [0.25, 0.3) is 0 Å². The Morgan fingerprint density at radius 3 is 1.85 bits per heavy atom. The Balaban J connectivity index is 2.11. The van der Waals surface area contributed by atoms with Crippen LogP contribution in [0.3, 0.4) is 0 Å². The maximum Gasteiger partial charge on any atom is 0.335 e. The Kier molecular flexibility index (Phi) is 13.0. The average molecular weight is 375 g/mol. The standard InChI is InChI=1S/C23H34O4/c1-3-4-5-6-7-8-9-10-11-12-13-14-15-16-17-18-21(26-2)22-19-20(24)23(25)27-22/h4-5,7-8,10-11,13-14,16-17,20-22,24H,3,6,9,12,15,18-19H2,1-2H3/b5-4-,8-7-,11-10-,14-13-,17-16-. The number of hydrogen-bond acceptors (Lipinski definition) is 4. The van der Waals surface area contributed by atoms with Gasteiger partial charge in [-0.2, -0.15) is 0 Å². The van der Waals surface area contributed by atoms with Crippen LogP contribution < -0.4 is 0 Å². The molecule has 4 heteroatoms. The third-order valence-electron chi connectivity index (χ3n) is 4.24. The van der Waals surface area contributed by atoms with Gasteiger partial charge >= 0.3 is 5.97 Å². The lowest BCUT2D eigenvalue weighted by molar-refractivity contribution is -0.151. The summed E-state index contributed by atoms with van der Waals surface area (Å²) < 4.78 is 10.5. The number of carbonyl (C=O) groups excluding carboxylic acids is 1. The number of methoxy groups -OCH3 is 1. The number of allylic oxidation sites excluding steroid dienone is 9. The maximum absolute atomic E-state index is 11.3. The zero-order valence-corrected chi connectivity index (χ0v) is 16.6. The van der Waals surface area contributed by atoms with Crippen molar-refractivity contribution in [2.45, 2.75) is 70.2 Å². The molecule has 4 nitrogen and oxygen atoms in total. The molecular formula is C23H34O4. The van der Waals surface area contributed by atoms with Gasteiger partial charge in [-0.25, -0.2) is 4.79 Å². The van der Waals surface area contributed by atoms with E-state index in [0.29, 0.717) is 12.8 Å². The van der Waals surface area contributed by atoms with E-state index in [9.17, 15) is 9.90 Å². The number of carbonyl (C=O) groups is 1. The fraction of sp³-hybridized carbons (Fsp3) is 0.522. The second-order valence-electron chi connectivity index (χ2n) is 6.44. The molecule has 0 aromatic heterocycles. The summed E-state index contributed by atoms with van der Waals surface area (Å²) in [5.41, 5.74) is 0.